The van der Waals surface area contributed by atoms with Crippen LogP contribution in [-0.2, 0) is 0 Å². The van der Waals surface area contributed by atoms with Gasteiger partial charge >= 0.3 is 0 Å². The second kappa shape index (κ2) is 4.66. The lowest BCUT2D eigenvalue weighted by Gasteiger charge is -2.15. The average molecular weight is 208 g/mol. The molecule has 2 N–H and O–H groups in total. The van der Waals surface area contributed by atoms with Gasteiger partial charge in [0.15, 0.2) is 0 Å². The number of imidazole rings is 1. The lowest BCUT2D eigenvalue weighted by molar-refractivity contribution is 0.591. The van der Waals surface area contributed by atoms with Gasteiger partial charge in [0.05, 0.1) is 0 Å². The van der Waals surface area contributed by atoms with Crippen molar-refractivity contribution in [2.24, 2.45) is 0 Å². The van der Waals surface area contributed by atoms with Crippen LogP contribution in [0.25, 0.3) is 0 Å². The van der Waals surface area contributed by atoms with Crippen LogP contribution in [0, 0.1) is 0 Å². The highest BCUT2D eigenvalue weighted by Crippen LogP contribution is 2.13. The number of hydrogen-bond acceptors (Lipinski definition) is 3. The number of nitrogens with one attached hydrogen (secondary N) is 2. The molecule has 1 aliphatic rings. The smallest absolute Gasteiger partial charge is 0.203 e. The highest BCUT2D eigenvalue weighted by Gasteiger charge is 2.14. The van der Waals surface area contributed by atoms with Gasteiger partial charge in [0.2, 0.25) is 5.95 Å². The van der Waals surface area contributed by atoms with E-state index in [2.05, 4.69) is 34.0 Å². The van der Waals surface area contributed by atoms with Crippen molar-refractivity contribution in [3.63, 3.8) is 0 Å². The zero-order valence-corrected chi connectivity index (χ0v) is 9.53. The first-order valence-electron chi connectivity index (χ1n) is 5.77. The molecule has 0 bridgehead atoms. The van der Waals surface area contributed by atoms with E-state index in [0.717, 1.165) is 19.0 Å². The minimum absolute atomic E-state index is 0.464. The molecule has 84 valence electrons. The van der Waals surface area contributed by atoms with E-state index in [1.807, 2.05) is 12.4 Å². The third kappa shape index (κ3) is 2.50. The fourth-order valence-electron chi connectivity index (χ4n) is 2.01. The van der Waals surface area contributed by atoms with Crippen molar-refractivity contribution in [2.75, 3.05) is 18.4 Å². The van der Waals surface area contributed by atoms with Gasteiger partial charge in [0, 0.05) is 31.0 Å². The molecule has 0 aliphatic carbocycles. The summed E-state index contributed by atoms with van der Waals surface area (Å²) in [5, 5.41) is 6.87. The van der Waals surface area contributed by atoms with E-state index in [1.54, 1.807) is 0 Å². The van der Waals surface area contributed by atoms with Gasteiger partial charge in [-0.3, -0.25) is 0 Å². The van der Waals surface area contributed by atoms with E-state index < -0.39 is 0 Å². The first kappa shape index (κ1) is 10.5. The highest BCUT2D eigenvalue weighted by atomic mass is 15.2. The van der Waals surface area contributed by atoms with E-state index in [0.29, 0.717) is 12.1 Å². The second-order valence-electron chi connectivity index (χ2n) is 4.43. The van der Waals surface area contributed by atoms with Crippen LogP contribution in [0.2, 0.25) is 0 Å². The molecule has 0 spiro atoms. The van der Waals surface area contributed by atoms with Crippen LogP contribution in [0.5, 0.6) is 0 Å². The summed E-state index contributed by atoms with van der Waals surface area (Å²) in [6.45, 7) is 6.47. The van der Waals surface area contributed by atoms with Gasteiger partial charge < -0.3 is 15.2 Å². The summed E-state index contributed by atoms with van der Waals surface area (Å²) in [5.41, 5.74) is 0. The molecule has 1 unspecified atom stereocenters. The van der Waals surface area contributed by atoms with Crippen LogP contribution in [0.1, 0.15) is 32.7 Å². The molecule has 0 amide bonds. The molecule has 1 aliphatic heterocycles. The molecule has 0 radical (unpaired) electrons. The molecule has 1 aromatic rings. The summed E-state index contributed by atoms with van der Waals surface area (Å²) < 4.78 is 2.16. The van der Waals surface area contributed by atoms with Crippen LogP contribution in [0.15, 0.2) is 12.4 Å². The Morgan fingerprint density at radius 3 is 3.20 bits per heavy atom. The molecule has 2 rings (SSSR count). The lowest BCUT2D eigenvalue weighted by atomic mass is 10.2. The Labute approximate surface area is 91.1 Å². The minimum atomic E-state index is 0.464. The van der Waals surface area contributed by atoms with Gasteiger partial charge in [-0.2, -0.15) is 0 Å². The third-order valence-corrected chi connectivity index (χ3v) is 2.89. The fraction of sp³-hybridized carbons (Fsp3) is 0.727. The molecule has 4 heteroatoms. The van der Waals surface area contributed by atoms with Crippen molar-refractivity contribution in [1.29, 1.82) is 0 Å². The molecule has 4 nitrogen and oxygen atoms in total. The Morgan fingerprint density at radius 1 is 1.67 bits per heavy atom. The van der Waals surface area contributed by atoms with Crippen LogP contribution >= 0.6 is 0 Å². The first-order valence-corrected chi connectivity index (χ1v) is 5.77. The van der Waals surface area contributed by atoms with Crippen LogP contribution in [0.4, 0.5) is 5.95 Å². The quantitative estimate of drug-likeness (QED) is 0.790. The topological polar surface area (TPSA) is 41.9 Å². The summed E-state index contributed by atoms with van der Waals surface area (Å²) in [4.78, 5) is 4.32. The Hall–Kier alpha value is -1.03. The maximum atomic E-state index is 4.32. The molecule has 1 aromatic heterocycles. The highest BCUT2D eigenvalue weighted by molar-refractivity contribution is 5.26. The molecule has 2 heterocycles. The molecule has 1 saturated heterocycles. The van der Waals surface area contributed by atoms with E-state index >= 15 is 0 Å². The Bertz CT molecular complexity index is 299. The molecule has 15 heavy (non-hydrogen) atoms. The van der Waals surface area contributed by atoms with Crippen molar-refractivity contribution in [1.82, 2.24) is 14.9 Å². The second-order valence-corrected chi connectivity index (χ2v) is 4.43. The number of hydrogen-bond donors (Lipinski definition) is 2. The summed E-state index contributed by atoms with van der Waals surface area (Å²) in [7, 11) is 0. The SMILES string of the molecule is CC(C)n1ccnc1NCC1CCCN1. The van der Waals surface area contributed by atoms with Gasteiger partial charge in [-0.15, -0.1) is 0 Å². The lowest BCUT2D eigenvalue weighted by Crippen LogP contribution is -2.30. The monoisotopic (exact) mass is 208 g/mol. The molecule has 0 aromatic carbocycles. The molecular weight excluding hydrogens is 188 g/mol. The van der Waals surface area contributed by atoms with Gasteiger partial charge in [-0.05, 0) is 33.2 Å². The van der Waals surface area contributed by atoms with E-state index in [9.17, 15) is 0 Å². The summed E-state index contributed by atoms with van der Waals surface area (Å²) in [5.74, 6) is 0.985. The van der Waals surface area contributed by atoms with Crippen LogP contribution in [0.3, 0.4) is 0 Å². The van der Waals surface area contributed by atoms with Crippen molar-refractivity contribution in [3.8, 4) is 0 Å². The predicted octanol–water partition coefficient (Wildman–Crippen LogP) is 1.63. The largest absolute Gasteiger partial charge is 0.354 e. The predicted molar refractivity (Wildman–Crippen MR) is 62.1 cm³/mol. The minimum Gasteiger partial charge on any atom is -0.354 e. The fourth-order valence-corrected chi connectivity index (χ4v) is 2.01. The van der Waals surface area contributed by atoms with Gasteiger partial charge in [0.25, 0.3) is 0 Å². The van der Waals surface area contributed by atoms with E-state index in [4.69, 9.17) is 0 Å². The van der Waals surface area contributed by atoms with Crippen molar-refractivity contribution < 1.29 is 0 Å². The summed E-state index contributed by atoms with van der Waals surface area (Å²) in [6, 6.07) is 1.08. The number of nitrogens with zero attached hydrogens (tertiary/aromatic N) is 2. The van der Waals surface area contributed by atoms with Crippen LogP contribution in [-0.4, -0.2) is 28.7 Å². The van der Waals surface area contributed by atoms with Gasteiger partial charge in [-0.25, -0.2) is 4.98 Å². The maximum absolute atomic E-state index is 4.32. The number of aromatic nitrogens is 2. The molecule has 1 atom stereocenters. The van der Waals surface area contributed by atoms with E-state index in [-0.39, 0.29) is 0 Å². The standard InChI is InChI=1S/C11H20N4/c1-9(2)15-7-6-13-11(15)14-8-10-4-3-5-12-10/h6-7,9-10,12H,3-5,8H2,1-2H3,(H,13,14). The average Bonchev–Trinajstić information content (AvgIpc) is 2.86. The van der Waals surface area contributed by atoms with Crippen molar-refractivity contribution in [2.45, 2.75) is 38.8 Å². The summed E-state index contributed by atoms with van der Waals surface area (Å²) in [6.07, 6.45) is 6.44. The van der Waals surface area contributed by atoms with E-state index in [1.165, 1.54) is 12.8 Å². The van der Waals surface area contributed by atoms with Crippen LogP contribution < -0.4 is 10.6 Å². The molecule has 1 fully saturated rings. The Kier molecular flexibility index (Phi) is 3.26. The Balaban J connectivity index is 1.89. The van der Waals surface area contributed by atoms with Crippen molar-refractivity contribution >= 4 is 5.95 Å². The first-order chi connectivity index (χ1) is 7.27. The Morgan fingerprint density at radius 2 is 2.53 bits per heavy atom. The number of anilines is 1. The van der Waals surface area contributed by atoms with Gasteiger partial charge in [-0.1, -0.05) is 0 Å². The number of rotatable bonds is 4. The zero-order chi connectivity index (χ0) is 10.7. The maximum Gasteiger partial charge on any atom is 0.203 e. The zero-order valence-electron chi connectivity index (χ0n) is 9.53. The van der Waals surface area contributed by atoms with Gasteiger partial charge in [0.1, 0.15) is 0 Å². The summed E-state index contributed by atoms with van der Waals surface area (Å²) >= 11 is 0. The molecule has 0 saturated carbocycles. The van der Waals surface area contributed by atoms with Crippen molar-refractivity contribution in [3.05, 3.63) is 12.4 Å². The third-order valence-electron chi connectivity index (χ3n) is 2.89. The molecular formula is C11H20N4. The normalized spacial score (nSPS) is 21.1.